The van der Waals surface area contributed by atoms with Crippen molar-refractivity contribution in [2.24, 2.45) is 0 Å². The Kier molecular flexibility index (Phi) is 3.53. The Hall–Kier alpha value is -2.01. The Morgan fingerprint density at radius 2 is 1.83 bits per heavy atom. The molecule has 0 bridgehead atoms. The summed E-state index contributed by atoms with van der Waals surface area (Å²) in [5, 5.41) is 12.3. The van der Waals surface area contributed by atoms with Crippen molar-refractivity contribution < 1.29 is 9.90 Å². The van der Waals surface area contributed by atoms with Crippen LogP contribution in [0, 0.1) is 0 Å². The van der Waals surface area contributed by atoms with Crippen LogP contribution in [0.4, 0.5) is 11.4 Å². The van der Waals surface area contributed by atoms with Crippen LogP contribution in [0.1, 0.15) is 10.4 Å². The predicted octanol–water partition coefficient (Wildman–Crippen LogP) is 2.99. The summed E-state index contributed by atoms with van der Waals surface area (Å²) < 4.78 is 0.712. The minimum atomic E-state index is -0.371. The van der Waals surface area contributed by atoms with Gasteiger partial charge >= 0.3 is 0 Å². The summed E-state index contributed by atoms with van der Waals surface area (Å²) in [5.41, 5.74) is 7.02. The summed E-state index contributed by atoms with van der Waals surface area (Å²) in [6, 6.07) is 11.5. The molecule has 5 heteroatoms. The van der Waals surface area contributed by atoms with E-state index in [1.807, 2.05) is 0 Å². The maximum Gasteiger partial charge on any atom is 0.259 e. The Labute approximate surface area is 113 Å². The molecule has 1 amide bonds. The molecule has 0 spiro atoms. The fourth-order valence-corrected chi connectivity index (χ4v) is 1.81. The lowest BCUT2D eigenvalue weighted by molar-refractivity contribution is 0.102. The van der Waals surface area contributed by atoms with Gasteiger partial charge in [0.05, 0.1) is 5.56 Å². The number of phenols is 1. The first-order valence-corrected chi connectivity index (χ1v) is 6.01. The van der Waals surface area contributed by atoms with Gasteiger partial charge in [0, 0.05) is 15.8 Å². The molecule has 0 aliphatic carbocycles. The number of nitrogen functional groups attached to an aromatic ring is 1. The monoisotopic (exact) mass is 306 g/mol. The normalized spacial score (nSPS) is 10.1. The van der Waals surface area contributed by atoms with E-state index in [9.17, 15) is 9.90 Å². The molecular formula is C13H11BrN2O2. The second-order valence-electron chi connectivity index (χ2n) is 3.74. The molecule has 0 saturated heterocycles. The van der Waals surface area contributed by atoms with Crippen molar-refractivity contribution in [3.63, 3.8) is 0 Å². The number of carbonyl (C=O) groups is 1. The first kappa shape index (κ1) is 12.4. The largest absolute Gasteiger partial charge is 0.507 e. The van der Waals surface area contributed by atoms with Gasteiger partial charge in [0.15, 0.2) is 0 Å². The molecule has 2 aromatic carbocycles. The van der Waals surface area contributed by atoms with E-state index in [0.29, 0.717) is 15.8 Å². The number of halogens is 1. The fourth-order valence-electron chi connectivity index (χ4n) is 1.46. The molecule has 0 aromatic heterocycles. The van der Waals surface area contributed by atoms with Gasteiger partial charge in [0.25, 0.3) is 5.91 Å². The molecule has 4 nitrogen and oxygen atoms in total. The predicted molar refractivity (Wildman–Crippen MR) is 74.6 cm³/mol. The van der Waals surface area contributed by atoms with Gasteiger partial charge in [-0.15, -0.1) is 0 Å². The summed E-state index contributed by atoms with van der Waals surface area (Å²) in [5.74, 6) is -0.443. The third kappa shape index (κ3) is 2.81. The van der Waals surface area contributed by atoms with E-state index in [2.05, 4.69) is 21.2 Å². The van der Waals surface area contributed by atoms with Crippen molar-refractivity contribution in [3.8, 4) is 5.75 Å². The molecule has 0 radical (unpaired) electrons. The molecule has 2 aromatic rings. The van der Waals surface area contributed by atoms with E-state index in [0.717, 1.165) is 0 Å². The molecule has 0 fully saturated rings. The lowest BCUT2D eigenvalue weighted by atomic mass is 10.2. The first-order valence-electron chi connectivity index (χ1n) is 5.21. The van der Waals surface area contributed by atoms with Crippen molar-refractivity contribution in [1.29, 1.82) is 0 Å². The molecule has 2 rings (SSSR count). The maximum atomic E-state index is 11.9. The van der Waals surface area contributed by atoms with Gasteiger partial charge in [0.2, 0.25) is 0 Å². The summed E-state index contributed by atoms with van der Waals surface area (Å²) in [4.78, 5) is 11.9. The molecule has 0 heterocycles. The first-order chi connectivity index (χ1) is 8.56. The molecular weight excluding hydrogens is 296 g/mol. The Balaban J connectivity index is 2.19. The highest BCUT2D eigenvalue weighted by Crippen LogP contribution is 2.23. The summed E-state index contributed by atoms with van der Waals surface area (Å²) in [6.45, 7) is 0. The lowest BCUT2D eigenvalue weighted by Crippen LogP contribution is -2.12. The van der Waals surface area contributed by atoms with Gasteiger partial charge in [-0.1, -0.05) is 15.9 Å². The number of carbonyl (C=O) groups excluding carboxylic acids is 1. The highest BCUT2D eigenvalue weighted by molar-refractivity contribution is 9.10. The van der Waals surface area contributed by atoms with Crippen molar-refractivity contribution >= 4 is 33.2 Å². The number of anilines is 2. The zero-order valence-corrected chi connectivity index (χ0v) is 10.9. The third-order valence-electron chi connectivity index (χ3n) is 2.37. The quantitative estimate of drug-likeness (QED) is 0.747. The minimum Gasteiger partial charge on any atom is -0.507 e. The SMILES string of the molecule is Nc1ccc(NC(=O)c2ccc(Br)cc2O)cc1. The van der Waals surface area contributed by atoms with Crippen LogP contribution in [-0.4, -0.2) is 11.0 Å². The molecule has 4 N–H and O–H groups in total. The van der Waals surface area contributed by atoms with Gasteiger partial charge in [-0.3, -0.25) is 4.79 Å². The van der Waals surface area contributed by atoms with Crippen LogP contribution in [0.5, 0.6) is 5.75 Å². The number of nitrogens with two attached hydrogens (primary N) is 1. The molecule has 0 atom stereocenters. The smallest absolute Gasteiger partial charge is 0.259 e. The summed E-state index contributed by atoms with van der Waals surface area (Å²) in [7, 11) is 0. The summed E-state index contributed by atoms with van der Waals surface area (Å²) in [6.07, 6.45) is 0. The van der Waals surface area contributed by atoms with Gasteiger partial charge in [-0.05, 0) is 42.5 Å². The van der Waals surface area contributed by atoms with E-state index in [-0.39, 0.29) is 17.2 Å². The van der Waals surface area contributed by atoms with E-state index in [1.54, 1.807) is 36.4 Å². The van der Waals surface area contributed by atoms with Gasteiger partial charge in [-0.25, -0.2) is 0 Å². The Morgan fingerprint density at radius 1 is 1.17 bits per heavy atom. The zero-order valence-electron chi connectivity index (χ0n) is 9.35. The van der Waals surface area contributed by atoms with Gasteiger partial charge in [-0.2, -0.15) is 0 Å². The average Bonchev–Trinajstić information content (AvgIpc) is 2.32. The number of hydrogen-bond donors (Lipinski definition) is 3. The second kappa shape index (κ2) is 5.10. The molecule has 0 saturated carbocycles. The van der Waals surface area contributed by atoms with Crippen molar-refractivity contribution in [3.05, 3.63) is 52.5 Å². The molecule has 0 aliphatic heterocycles. The number of aromatic hydroxyl groups is 1. The Morgan fingerprint density at radius 3 is 2.44 bits per heavy atom. The van der Waals surface area contributed by atoms with Crippen molar-refractivity contribution in [2.45, 2.75) is 0 Å². The topological polar surface area (TPSA) is 75.3 Å². The standard InChI is InChI=1S/C13H11BrN2O2/c14-8-1-6-11(12(17)7-8)13(18)16-10-4-2-9(15)3-5-10/h1-7,17H,15H2,(H,16,18). The number of phenolic OH excluding ortho intramolecular Hbond substituents is 1. The van der Waals surface area contributed by atoms with Crippen LogP contribution in [0.2, 0.25) is 0 Å². The third-order valence-corrected chi connectivity index (χ3v) is 2.87. The van der Waals surface area contributed by atoms with Crippen LogP contribution >= 0.6 is 15.9 Å². The zero-order chi connectivity index (χ0) is 13.1. The number of nitrogens with one attached hydrogen (secondary N) is 1. The second-order valence-corrected chi connectivity index (χ2v) is 4.65. The number of amides is 1. The number of rotatable bonds is 2. The van der Waals surface area contributed by atoms with Crippen molar-refractivity contribution in [1.82, 2.24) is 0 Å². The fraction of sp³-hybridized carbons (Fsp3) is 0. The van der Waals surface area contributed by atoms with Gasteiger partial charge < -0.3 is 16.2 Å². The van der Waals surface area contributed by atoms with Crippen molar-refractivity contribution in [2.75, 3.05) is 11.1 Å². The van der Waals surface area contributed by atoms with E-state index >= 15 is 0 Å². The number of hydrogen-bond acceptors (Lipinski definition) is 3. The minimum absolute atomic E-state index is 0.0719. The highest BCUT2D eigenvalue weighted by Gasteiger charge is 2.11. The van der Waals surface area contributed by atoms with Crippen LogP contribution in [0.15, 0.2) is 46.9 Å². The molecule has 18 heavy (non-hydrogen) atoms. The van der Waals surface area contributed by atoms with Crippen LogP contribution in [0.3, 0.4) is 0 Å². The van der Waals surface area contributed by atoms with Gasteiger partial charge in [0.1, 0.15) is 5.75 Å². The maximum absolute atomic E-state index is 11.9. The summed E-state index contributed by atoms with van der Waals surface area (Å²) >= 11 is 3.21. The lowest BCUT2D eigenvalue weighted by Gasteiger charge is -2.07. The van der Waals surface area contributed by atoms with E-state index in [1.165, 1.54) is 6.07 Å². The Bertz CT molecular complexity index is 582. The van der Waals surface area contributed by atoms with Crippen LogP contribution in [0.25, 0.3) is 0 Å². The van der Waals surface area contributed by atoms with Crippen LogP contribution in [-0.2, 0) is 0 Å². The van der Waals surface area contributed by atoms with E-state index in [4.69, 9.17) is 5.73 Å². The average molecular weight is 307 g/mol. The van der Waals surface area contributed by atoms with Crippen LogP contribution < -0.4 is 11.1 Å². The van der Waals surface area contributed by atoms with E-state index < -0.39 is 0 Å². The highest BCUT2D eigenvalue weighted by atomic mass is 79.9. The molecule has 92 valence electrons. The molecule has 0 unspecified atom stereocenters. The number of benzene rings is 2. The molecule has 0 aliphatic rings.